The molecule has 1 aromatic carbocycles. The fourth-order valence-corrected chi connectivity index (χ4v) is 4.29. The molecule has 2 heterocycles. The Hall–Kier alpha value is -1.70. The lowest BCUT2D eigenvalue weighted by atomic mass is 10.0. The number of hydrogen-bond donors (Lipinski definition) is 1. The van der Waals surface area contributed by atoms with E-state index < -0.39 is 22.9 Å². The van der Waals surface area contributed by atoms with Gasteiger partial charge in [0.25, 0.3) is 0 Å². The van der Waals surface area contributed by atoms with E-state index in [9.17, 15) is 22.8 Å². The standard InChI is InChI=1S/C17H19F3N2O2S/c1-10-4-2-3-7-22(10)15(23)9-14-16(24)21-12-8-11(17(18,19)20)5-6-13(12)25-14/h5-6,8,10,14H,2-4,7,9H2,1H3,(H,21,24). The molecular formula is C17H19F3N2O2S. The van der Waals surface area contributed by atoms with Crippen molar-refractivity contribution in [3.8, 4) is 0 Å². The summed E-state index contributed by atoms with van der Waals surface area (Å²) in [5, 5.41) is 1.89. The van der Waals surface area contributed by atoms with E-state index in [0.717, 1.165) is 43.2 Å². The summed E-state index contributed by atoms with van der Waals surface area (Å²) >= 11 is 1.15. The molecule has 1 fully saturated rings. The number of nitrogens with zero attached hydrogens (tertiary/aromatic N) is 1. The number of nitrogens with one attached hydrogen (secondary N) is 1. The van der Waals surface area contributed by atoms with Crippen LogP contribution in [0.25, 0.3) is 0 Å². The molecule has 2 aliphatic heterocycles. The summed E-state index contributed by atoms with van der Waals surface area (Å²) in [6.07, 6.45) is -1.39. The second-order valence-corrected chi connectivity index (χ2v) is 7.69. The van der Waals surface area contributed by atoms with Gasteiger partial charge in [-0.3, -0.25) is 9.59 Å². The van der Waals surface area contributed by atoms with Gasteiger partial charge in [-0.2, -0.15) is 13.2 Å². The maximum Gasteiger partial charge on any atom is 0.416 e. The molecule has 0 bridgehead atoms. The van der Waals surface area contributed by atoms with Gasteiger partial charge in [-0.1, -0.05) is 0 Å². The zero-order valence-electron chi connectivity index (χ0n) is 13.7. The lowest BCUT2D eigenvalue weighted by molar-refractivity contribution is -0.137. The maximum absolute atomic E-state index is 12.8. The summed E-state index contributed by atoms with van der Waals surface area (Å²) in [4.78, 5) is 27.1. The number of carbonyl (C=O) groups excluding carboxylic acids is 2. The molecule has 25 heavy (non-hydrogen) atoms. The average Bonchev–Trinajstić information content (AvgIpc) is 2.54. The Kier molecular flexibility index (Phi) is 4.99. The molecule has 1 N–H and O–H groups in total. The zero-order chi connectivity index (χ0) is 18.2. The summed E-state index contributed by atoms with van der Waals surface area (Å²) in [6, 6.07) is 3.45. The Morgan fingerprint density at radius 3 is 2.80 bits per heavy atom. The Morgan fingerprint density at radius 2 is 2.12 bits per heavy atom. The third-order valence-corrected chi connectivity index (χ3v) is 5.88. The van der Waals surface area contributed by atoms with Gasteiger partial charge >= 0.3 is 6.18 Å². The number of hydrogen-bond acceptors (Lipinski definition) is 3. The molecule has 1 saturated heterocycles. The highest BCUT2D eigenvalue weighted by atomic mass is 32.2. The van der Waals surface area contributed by atoms with E-state index in [1.54, 1.807) is 4.90 Å². The molecule has 0 aliphatic carbocycles. The summed E-state index contributed by atoms with van der Waals surface area (Å²) in [5.41, 5.74) is -0.649. The molecular weight excluding hydrogens is 353 g/mol. The Balaban J connectivity index is 1.71. The van der Waals surface area contributed by atoms with Gasteiger partial charge in [0.15, 0.2) is 0 Å². The molecule has 8 heteroatoms. The number of benzene rings is 1. The minimum Gasteiger partial charge on any atom is -0.340 e. The number of anilines is 1. The number of carbonyl (C=O) groups is 2. The van der Waals surface area contributed by atoms with Gasteiger partial charge in [-0.05, 0) is 44.4 Å². The Bertz CT molecular complexity index is 693. The molecule has 0 radical (unpaired) electrons. The van der Waals surface area contributed by atoms with Crippen molar-refractivity contribution >= 4 is 29.3 Å². The van der Waals surface area contributed by atoms with Crippen molar-refractivity contribution in [2.24, 2.45) is 0 Å². The van der Waals surface area contributed by atoms with E-state index in [0.29, 0.717) is 11.4 Å². The molecule has 0 saturated carbocycles. The van der Waals surface area contributed by atoms with Gasteiger partial charge in [0.05, 0.1) is 16.5 Å². The van der Waals surface area contributed by atoms with Crippen molar-refractivity contribution in [3.05, 3.63) is 23.8 Å². The fraction of sp³-hybridized carbons (Fsp3) is 0.529. The van der Waals surface area contributed by atoms with Crippen LogP contribution >= 0.6 is 11.8 Å². The van der Waals surface area contributed by atoms with E-state index in [1.807, 2.05) is 6.92 Å². The smallest absolute Gasteiger partial charge is 0.340 e. The highest BCUT2D eigenvalue weighted by Gasteiger charge is 2.35. The van der Waals surface area contributed by atoms with E-state index in [2.05, 4.69) is 5.32 Å². The lowest BCUT2D eigenvalue weighted by Gasteiger charge is -2.34. The largest absolute Gasteiger partial charge is 0.416 e. The molecule has 2 amide bonds. The van der Waals surface area contributed by atoms with Crippen molar-refractivity contribution in [2.75, 3.05) is 11.9 Å². The molecule has 2 unspecified atom stereocenters. The number of fused-ring (bicyclic) bond motifs is 1. The normalized spacial score (nSPS) is 23.8. The number of thioether (sulfide) groups is 1. The molecule has 3 rings (SSSR count). The van der Waals surface area contributed by atoms with Crippen LogP contribution in [0.1, 0.15) is 38.2 Å². The van der Waals surface area contributed by atoms with Crippen LogP contribution in [-0.4, -0.2) is 34.6 Å². The second-order valence-electron chi connectivity index (χ2n) is 6.44. The van der Waals surface area contributed by atoms with Gasteiger partial charge in [-0.25, -0.2) is 0 Å². The molecule has 0 spiro atoms. The first kappa shape index (κ1) is 18.1. The predicted octanol–water partition coefficient (Wildman–Crippen LogP) is 3.91. The highest BCUT2D eigenvalue weighted by molar-refractivity contribution is 8.01. The average molecular weight is 372 g/mol. The van der Waals surface area contributed by atoms with Gasteiger partial charge in [0, 0.05) is 23.9 Å². The Labute approximate surface area is 148 Å². The van der Waals surface area contributed by atoms with E-state index in [4.69, 9.17) is 0 Å². The van der Waals surface area contributed by atoms with Crippen molar-refractivity contribution in [1.82, 2.24) is 4.90 Å². The van der Waals surface area contributed by atoms with E-state index in [1.165, 1.54) is 6.07 Å². The van der Waals surface area contributed by atoms with Crippen LogP contribution in [0.4, 0.5) is 18.9 Å². The van der Waals surface area contributed by atoms with Gasteiger partial charge in [-0.15, -0.1) is 11.8 Å². The number of rotatable bonds is 2. The van der Waals surface area contributed by atoms with Crippen LogP contribution in [0.3, 0.4) is 0 Å². The van der Waals surface area contributed by atoms with E-state index >= 15 is 0 Å². The summed E-state index contributed by atoms with van der Waals surface area (Å²) in [7, 11) is 0. The molecule has 2 aliphatic rings. The topological polar surface area (TPSA) is 49.4 Å². The van der Waals surface area contributed by atoms with Crippen molar-refractivity contribution < 1.29 is 22.8 Å². The van der Waals surface area contributed by atoms with Crippen LogP contribution in [0, 0.1) is 0 Å². The minimum absolute atomic E-state index is 0.0568. The SMILES string of the molecule is CC1CCCCN1C(=O)CC1Sc2ccc(C(F)(F)F)cc2NC1=O. The first-order valence-corrected chi connectivity index (χ1v) is 9.12. The number of alkyl halides is 3. The predicted molar refractivity (Wildman–Crippen MR) is 89.4 cm³/mol. The first-order valence-electron chi connectivity index (χ1n) is 8.24. The fourth-order valence-electron chi connectivity index (χ4n) is 3.21. The highest BCUT2D eigenvalue weighted by Crippen LogP contribution is 2.40. The minimum atomic E-state index is -4.46. The van der Waals surface area contributed by atoms with Crippen LogP contribution < -0.4 is 5.32 Å². The van der Waals surface area contributed by atoms with Crippen LogP contribution in [0.5, 0.6) is 0 Å². The van der Waals surface area contributed by atoms with Crippen molar-refractivity contribution in [3.63, 3.8) is 0 Å². The summed E-state index contributed by atoms with van der Waals surface area (Å²) < 4.78 is 38.3. The quantitative estimate of drug-likeness (QED) is 0.856. The monoisotopic (exact) mass is 372 g/mol. The van der Waals surface area contributed by atoms with Crippen molar-refractivity contribution in [2.45, 2.75) is 55.0 Å². The van der Waals surface area contributed by atoms with Crippen molar-refractivity contribution in [1.29, 1.82) is 0 Å². The summed E-state index contributed by atoms with van der Waals surface area (Å²) in [6.45, 7) is 2.70. The third-order valence-electron chi connectivity index (χ3n) is 4.61. The third kappa shape index (κ3) is 3.94. The number of likely N-dealkylation sites (tertiary alicyclic amines) is 1. The summed E-state index contributed by atoms with van der Waals surface area (Å²) in [5.74, 6) is -0.495. The molecule has 4 nitrogen and oxygen atoms in total. The van der Waals surface area contributed by atoms with Gasteiger partial charge < -0.3 is 10.2 Å². The Morgan fingerprint density at radius 1 is 1.36 bits per heavy atom. The zero-order valence-corrected chi connectivity index (χ0v) is 14.5. The maximum atomic E-state index is 12.8. The lowest BCUT2D eigenvalue weighted by Crippen LogP contribution is -2.44. The number of piperidine rings is 1. The second kappa shape index (κ2) is 6.90. The number of halogens is 3. The van der Waals surface area contributed by atoms with E-state index in [-0.39, 0.29) is 24.1 Å². The van der Waals surface area contributed by atoms with Gasteiger partial charge in [0.2, 0.25) is 11.8 Å². The molecule has 2 atom stereocenters. The van der Waals surface area contributed by atoms with Crippen LogP contribution in [0.15, 0.2) is 23.1 Å². The van der Waals surface area contributed by atoms with Crippen LogP contribution in [0.2, 0.25) is 0 Å². The molecule has 1 aromatic rings. The van der Waals surface area contributed by atoms with Crippen LogP contribution in [-0.2, 0) is 15.8 Å². The molecule has 136 valence electrons. The first-order chi connectivity index (χ1) is 11.8. The van der Waals surface area contributed by atoms with Gasteiger partial charge in [0.1, 0.15) is 0 Å². The number of amides is 2. The molecule has 0 aromatic heterocycles.